The number of piperidine rings is 1. The average molecular weight is 286 g/mol. The highest BCUT2D eigenvalue weighted by Crippen LogP contribution is 2.30. The SMILES string of the molecule is CC1(C(=O)Nc2cccc(-c3nn[nH]n3)c2)CCNCC1. The van der Waals surface area contributed by atoms with E-state index in [0.29, 0.717) is 5.82 Å². The summed E-state index contributed by atoms with van der Waals surface area (Å²) in [5, 5.41) is 20.1. The van der Waals surface area contributed by atoms with E-state index in [-0.39, 0.29) is 11.3 Å². The van der Waals surface area contributed by atoms with Gasteiger partial charge in [-0.05, 0) is 43.3 Å². The standard InChI is InChI=1S/C14H18N6O/c1-14(5-7-15-8-6-14)13(21)16-11-4-2-3-10(9-11)12-17-19-20-18-12/h2-4,9,15H,5-8H2,1H3,(H,16,21)(H,17,18,19,20). The number of amides is 1. The Morgan fingerprint density at radius 2 is 2.14 bits per heavy atom. The van der Waals surface area contributed by atoms with Crippen molar-refractivity contribution in [1.82, 2.24) is 25.9 Å². The van der Waals surface area contributed by atoms with Gasteiger partial charge >= 0.3 is 0 Å². The number of carbonyl (C=O) groups is 1. The van der Waals surface area contributed by atoms with E-state index < -0.39 is 0 Å². The van der Waals surface area contributed by atoms with Gasteiger partial charge in [0.05, 0.1) is 0 Å². The number of nitrogens with one attached hydrogen (secondary N) is 3. The van der Waals surface area contributed by atoms with E-state index in [9.17, 15) is 4.79 Å². The lowest BCUT2D eigenvalue weighted by Gasteiger charge is -2.32. The number of hydrogen-bond donors (Lipinski definition) is 3. The van der Waals surface area contributed by atoms with Crippen LogP contribution in [0.15, 0.2) is 24.3 Å². The van der Waals surface area contributed by atoms with Crippen LogP contribution in [-0.2, 0) is 4.79 Å². The minimum absolute atomic E-state index is 0.0641. The van der Waals surface area contributed by atoms with E-state index in [2.05, 4.69) is 31.3 Å². The largest absolute Gasteiger partial charge is 0.326 e. The number of H-pyrrole nitrogens is 1. The molecule has 1 saturated heterocycles. The molecule has 3 N–H and O–H groups in total. The number of tetrazole rings is 1. The lowest BCUT2D eigenvalue weighted by Crippen LogP contribution is -2.42. The maximum atomic E-state index is 12.5. The lowest BCUT2D eigenvalue weighted by atomic mass is 9.80. The van der Waals surface area contributed by atoms with E-state index in [1.165, 1.54) is 0 Å². The molecule has 2 heterocycles. The van der Waals surface area contributed by atoms with Crippen molar-refractivity contribution in [2.24, 2.45) is 5.41 Å². The van der Waals surface area contributed by atoms with Gasteiger partial charge in [0.1, 0.15) is 0 Å². The smallest absolute Gasteiger partial charge is 0.230 e. The van der Waals surface area contributed by atoms with E-state index in [4.69, 9.17) is 0 Å². The van der Waals surface area contributed by atoms with Gasteiger partial charge in [0.15, 0.2) is 0 Å². The number of benzene rings is 1. The molecule has 0 aliphatic carbocycles. The fraction of sp³-hybridized carbons (Fsp3) is 0.429. The zero-order valence-electron chi connectivity index (χ0n) is 11.9. The second-order valence-corrected chi connectivity index (χ2v) is 5.58. The van der Waals surface area contributed by atoms with Crippen LogP contribution in [-0.4, -0.2) is 39.6 Å². The molecule has 0 saturated carbocycles. The quantitative estimate of drug-likeness (QED) is 0.788. The normalized spacial score (nSPS) is 17.4. The minimum atomic E-state index is -0.312. The minimum Gasteiger partial charge on any atom is -0.326 e. The highest BCUT2D eigenvalue weighted by molar-refractivity contribution is 5.95. The maximum absolute atomic E-state index is 12.5. The van der Waals surface area contributed by atoms with Crippen molar-refractivity contribution >= 4 is 11.6 Å². The third-order valence-corrected chi connectivity index (χ3v) is 3.98. The van der Waals surface area contributed by atoms with E-state index in [1.54, 1.807) is 0 Å². The van der Waals surface area contributed by atoms with E-state index in [1.807, 2.05) is 31.2 Å². The molecule has 0 radical (unpaired) electrons. The summed E-state index contributed by atoms with van der Waals surface area (Å²) in [5.41, 5.74) is 1.26. The van der Waals surface area contributed by atoms with Gasteiger partial charge in [0, 0.05) is 16.7 Å². The molecule has 7 heteroatoms. The van der Waals surface area contributed by atoms with Crippen LogP contribution in [0.3, 0.4) is 0 Å². The highest BCUT2D eigenvalue weighted by atomic mass is 16.2. The molecule has 3 rings (SSSR count). The van der Waals surface area contributed by atoms with Crippen molar-refractivity contribution in [3.63, 3.8) is 0 Å². The Bertz CT molecular complexity index is 618. The molecule has 0 unspecified atom stereocenters. The fourth-order valence-corrected chi connectivity index (χ4v) is 2.51. The second-order valence-electron chi connectivity index (χ2n) is 5.58. The fourth-order valence-electron chi connectivity index (χ4n) is 2.51. The zero-order valence-corrected chi connectivity index (χ0v) is 11.9. The molecule has 1 aliphatic heterocycles. The summed E-state index contributed by atoms with van der Waals surface area (Å²) in [7, 11) is 0. The predicted molar refractivity (Wildman–Crippen MR) is 78.5 cm³/mol. The van der Waals surface area contributed by atoms with Crippen LogP contribution in [0, 0.1) is 5.41 Å². The van der Waals surface area contributed by atoms with Crippen LogP contribution >= 0.6 is 0 Å². The van der Waals surface area contributed by atoms with Gasteiger partial charge in [-0.2, -0.15) is 5.21 Å². The Morgan fingerprint density at radius 1 is 1.33 bits per heavy atom. The van der Waals surface area contributed by atoms with Gasteiger partial charge in [-0.1, -0.05) is 19.1 Å². The Balaban J connectivity index is 1.76. The molecule has 0 atom stereocenters. The topological polar surface area (TPSA) is 95.6 Å². The zero-order chi connectivity index (χ0) is 14.7. The van der Waals surface area contributed by atoms with Crippen molar-refractivity contribution in [2.75, 3.05) is 18.4 Å². The van der Waals surface area contributed by atoms with Crippen molar-refractivity contribution in [3.8, 4) is 11.4 Å². The summed E-state index contributed by atoms with van der Waals surface area (Å²) < 4.78 is 0. The molecule has 110 valence electrons. The number of aromatic amines is 1. The summed E-state index contributed by atoms with van der Waals surface area (Å²) in [6.07, 6.45) is 1.70. The molecule has 21 heavy (non-hydrogen) atoms. The highest BCUT2D eigenvalue weighted by Gasteiger charge is 2.34. The van der Waals surface area contributed by atoms with Gasteiger partial charge in [-0.3, -0.25) is 4.79 Å². The molecular formula is C14H18N6O. The van der Waals surface area contributed by atoms with Crippen molar-refractivity contribution < 1.29 is 4.79 Å². The number of rotatable bonds is 3. The van der Waals surface area contributed by atoms with Gasteiger partial charge in [-0.15, -0.1) is 10.2 Å². The van der Waals surface area contributed by atoms with Crippen molar-refractivity contribution in [2.45, 2.75) is 19.8 Å². The van der Waals surface area contributed by atoms with Crippen LogP contribution in [0.5, 0.6) is 0 Å². The summed E-state index contributed by atoms with van der Waals surface area (Å²) in [5.74, 6) is 0.577. The Kier molecular flexibility index (Phi) is 3.66. The van der Waals surface area contributed by atoms with Crippen molar-refractivity contribution in [1.29, 1.82) is 0 Å². The molecular weight excluding hydrogens is 268 g/mol. The number of anilines is 1. The van der Waals surface area contributed by atoms with Gasteiger partial charge in [0.2, 0.25) is 11.7 Å². The third kappa shape index (κ3) is 2.92. The summed E-state index contributed by atoms with van der Waals surface area (Å²) >= 11 is 0. The molecule has 0 spiro atoms. The first-order valence-corrected chi connectivity index (χ1v) is 7.03. The molecule has 1 aliphatic rings. The Hall–Kier alpha value is -2.28. The van der Waals surface area contributed by atoms with Crippen LogP contribution in [0.2, 0.25) is 0 Å². The van der Waals surface area contributed by atoms with Gasteiger partial charge < -0.3 is 10.6 Å². The van der Waals surface area contributed by atoms with Gasteiger partial charge in [-0.25, -0.2) is 0 Å². The summed E-state index contributed by atoms with van der Waals surface area (Å²) in [6.45, 7) is 3.78. The van der Waals surface area contributed by atoms with Crippen LogP contribution in [0.1, 0.15) is 19.8 Å². The second kappa shape index (κ2) is 5.61. The summed E-state index contributed by atoms with van der Waals surface area (Å²) in [6, 6.07) is 7.47. The van der Waals surface area contributed by atoms with Crippen LogP contribution in [0.4, 0.5) is 5.69 Å². The molecule has 1 aromatic carbocycles. The van der Waals surface area contributed by atoms with Gasteiger partial charge in [0.25, 0.3) is 0 Å². The molecule has 1 aromatic heterocycles. The number of nitrogens with zero attached hydrogens (tertiary/aromatic N) is 3. The molecule has 7 nitrogen and oxygen atoms in total. The molecule has 0 bridgehead atoms. The monoisotopic (exact) mass is 286 g/mol. The van der Waals surface area contributed by atoms with Crippen LogP contribution < -0.4 is 10.6 Å². The van der Waals surface area contributed by atoms with E-state index >= 15 is 0 Å². The maximum Gasteiger partial charge on any atom is 0.230 e. The number of aromatic nitrogens is 4. The average Bonchev–Trinajstić information content (AvgIpc) is 3.02. The lowest BCUT2D eigenvalue weighted by molar-refractivity contribution is -0.126. The Labute approximate surface area is 122 Å². The van der Waals surface area contributed by atoms with Crippen LogP contribution in [0.25, 0.3) is 11.4 Å². The number of hydrogen-bond acceptors (Lipinski definition) is 5. The first-order valence-electron chi connectivity index (χ1n) is 7.03. The predicted octanol–water partition coefficient (Wildman–Crippen LogP) is 1.19. The summed E-state index contributed by atoms with van der Waals surface area (Å²) in [4.78, 5) is 12.5. The van der Waals surface area contributed by atoms with E-state index in [0.717, 1.165) is 37.2 Å². The first-order chi connectivity index (χ1) is 10.2. The van der Waals surface area contributed by atoms with Crippen molar-refractivity contribution in [3.05, 3.63) is 24.3 Å². The molecule has 2 aromatic rings. The third-order valence-electron chi connectivity index (χ3n) is 3.98. The number of carbonyl (C=O) groups excluding carboxylic acids is 1. The molecule has 1 amide bonds. The molecule has 1 fully saturated rings. The Morgan fingerprint density at radius 3 is 2.86 bits per heavy atom. The first kappa shape index (κ1) is 13.7.